The Kier molecular flexibility index (Phi) is 4.96. The largest absolute Gasteiger partial charge is 0.339 e. The van der Waals surface area contributed by atoms with Gasteiger partial charge >= 0.3 is 5.69 Å². The van der Waals surface area contributed by atoms with E-state index in [-0.39, 0.29) is 30.0 Å². The standard InChI is InChI=1S/C17H20FN3O4/c18-14-7-6-12(9-15(14)21(24)25)19-17(23)11-8-16(22)20(10-11)13-4-2-1-3-5-13/h6-7,9,11,13H,1-5,8,10H2,(H,19,23)/t11-/m0/s1. The zero-order chi connectivity index (χ0) is 18.0. The van der Waals surface area contributed by atoms with Crippen LogP contribution in [0.5, 0.6) is 0 Å². The summed E-state index contributed by atoms with van der Waals surface area (Å²) < 4.78 is 13.4. The molecule has 8 heteroatoms. The Morgan fingerprint density at radius 1 is 1.28 bits per heavy atom. The first kappa shape index (κ1) is 17.3. The van der Waals surface area contributed by atoms with Gasteiger partial charge in [0.15, 0.2) is 0 Å². The highest BCUT2D eigenvalue weighted by molar-refractivity contribution is 5.97. The van der Waals surface area contributed by atoms with Crippen molar-refractivity contribution in [1.82, 2.24) is 4.90 Å². The van der Waals surface area contributed by atoms with E-state index in [2.05, 4.69) is 5.32 Å². The van der Waals surface area contributed by atoms with Crippen LogP contribution in [0.4, 0.5) is 15.8 Å². The number of carbonyl (C=O) groups is 2. The summed E-state index contributed by atoms with van der Waals surface area (Å²) in [7, 11) is 0. The van der Waals surface area contributed by atoms with E-state index in [0.717, 1.165) is 37.8 Å². The van der Waals surface area contributed by atoms with Gasteiger partial charge in [0.05, 0.1) is 10.8 Å². The van der Waals surface area contributed by atoms with Crippen LogP contribution in [0.3, 0.4) is 0 Å². The average Bonchev–Trinajstić information content (AvgIpc) is 2.99. The van der Waals surface area contributed by atoms with Gasteiger partial charge in [-0.1, -0.05) is 19.3 Å². The van der Waals surface area contributed by atoms with Crippen LogP contribution in [0, 0.1) is 21.8 Å². The lowest BCUT2D eigenvalue weighted by molar-refractivity contribution is -0.387. The SMILES string of the molecule is O=C(Nc1ccc(F)c([N+](=O)[O-])c1)[C@H]1CC(=O)N(C2CCCCC2)C1. The first-order chi connectivity index (χ1) is 12.0. The number of halogens is 1. The number of hydrogen-bond donors (Lipinski definition) is 1. The number of nitro groups is 1. The van der Waals surface area contributed by atoms with E-state index >= 15 is 0 Å². The molecule has 0 spiro atoms. The topological polar surface area (TPSA) is 92.5 Å². The molecule has 134 valence electrons. The molecule has 0 radical (unpaired) electrons. The van der Waals surface area contributed by atoms with Gasteiger partial charge in [-0.05, 0) is 25.0 Å². The molecule has 1 aromatic carbocycles. The van der Waals surface area contributed by atoms with E-state index in [0.29, 0.717) is 6.54 Å². The third-order valence-corrected chi connectivity index (χ3v) is 4.96. The second-order valence-electron chi connectivity index (χ2n) is 6.65. The number of likely N-dealkylation sites (tertiary alicyclic amines) is 1. The summed E-state index contributed by atoms with van der Waals surface area (Å²) >= 11 is 0. The fourth-order valence-electron chi connectivity index (χ4n) is 3.63. The Morgan fingerprint density at radius 2 is 2.00 bits per heavy atom. The molecule has 1 saturated heterocycles. The lowest BCUT2D eigenvalue weighted by atomic mass is 9.94. The molecule has 1 N–H and O–H groups in total. The van der Waals surface area contributed by atoms with E-state index in [1.807, 2.05) is 0 Å². The third kappa shape index (κ3) is 3.78. The van der Waals surface area contributed by atoms with Crippen LogP contribution in [0.1, 0.15) is 38.5 Å². The van der Waals surface area contributed by atoms with E-state index in [1.165, 1.54) is 12.5 Å². The molecule has 1 saturated carbocycles. The number of nitro benzene ring substituents is 1. The van der Waals surface area contributed by atoms with Crippen molar-refractivity contribution in [3.63, 3.8) is 0 Å². The van der Waals surface area contributed by atoms with Gasteiger partial charge in [-0.25, -0.2) is 0 Å². The summed E-state index contributed by atoms with van der Waals surface area (Å²) in [6, 6.07) is 3.42. The fraction of sp³-hybridized carbons (Fsp3) is 0.529. The van der Waals surface area contributed by atoms with Crippen LogP contribution in [0.15, 0.2) is 18.2 Å². The van der Waals surface area contributed by atoms with Crippen molar-refractivity contribution in [2.45, 2.75) is 44.6 Å². The minimum absolute atomic E-state index is 0.0165. The Hall–Kier alpha value is -2.51. The maximum atomic E-state index is 13.4. The fourth-order valence-corrected chi connectivity index (χ4v) is 3.63. The van der Waals surface area contributed by atoms with E-state index in [9.17, 15) is 24.1 Å². The Labute approximate surface area is 144 Å². The molecule has 0 unspecified atom stereocenters. The van der Waals surface area contributed by atoms with Crippen LogP contribution in [0.25, 0.3) is 0 Å². The Morgan fingerprint density at radius 3 is 2.68 bits per heavy atom. The molecule has 1 aliphatic heterocycles. The number of amides is 2. The second-order valence-corrected chi connectivity index (χ2v) is 6.65. The van der Waals surface area contributed by atoms with Gasteiger partial charge in [0.25, 0.3) is 0 Å². The molecule has 0 aromatic heterocycles. The first-order valence-electron chi connectivity index (χ1n) is 8.50. The van der Waals surface area contributed by atoms with Crippen molar-refractivity contribution in [3.8, 4) is 0 Å². The Balaban J connectivity index is 1.65. The van der Waals surface area contributed by atoms with Gasteiger partial charge in [0.1, 0.15) is 0 Å². The van der Waals surface area contributed by atoms with E-state index in [4.69, 9.17) is 0 Å². The Bertz CT molecular complexity index is 703. The minimum Gasteiger partial charge on any atom is -0.339 e. The van der Waals surface area contributed by atoms with Crippen molar-refractivity contribution >= 4 is 23.2 Å². The molecule has 2 amide bonds. The quantitative estimate of drug-likeness (QED) is 0.668. The zero-order valence-electron chi connectivity index (χ0n) is 13.7. The monoisotopic (exact) mass is 349 g/mol. The first-order valence-corrected chi connectivity index (χ1v) is 8.50. The molecule has 1 atom stereocenters. The van der Waals surface area contributed by atoms with Crippen molar-refractivity contribution in [2.24, 2.45) is 5.92 Å². The molecule has 25 heavy (non-hydrogen) atoms. The second kappa shape index (κ2) is 7.16. The van der Waals surface area contributed by atoms with Crippen LogP contribution in [-0.4, -0.2) is 34.2 Å². The highest BCUT2D eigenvalue weighted by atomic mass is 19.1. The molecular weight excluding hydrogens is 329 g/mol. The van der Waals surface area contributed by atoms with E-state index < -0.39 is 22.3 Å². The molecular formula is C17H20FN3O4. The summed E-state index contributed by atoms with van der Waals surface area (Å²) in [5.41, 5.74) is -0.536. The highest BCUT2D eigenvalue weighted by Gasteiger charge is 2.38. The lowest BCUT2D eigenvalue weighted by Gasteiger charge is -2.31. The number of nitrogens with one attached hydrogen (secondary N) is 1. The molecule has 7 nitrogen and oxygen atoms in total. The highest BCUT2D eigenvalue weighted by Crippen LogP contribution is 2.29. The van der Waals surface area contributed by atoms with E-state index in [1.54, 1.807) is 4.90 Å². The van der Waals surface area contributed by atoms with Gasteiger partial charge in [0.2, 0.25) is 17.6 Å². The zero-order valence-corrected chi connectivity index (χ0v) is 13.7. The number of carbonyl (C=O) groups excluding carboxylic acids is 2. The third-order valence-electron chi connectivity index (χ3n) is 4.96. The van der Waals surface area contributed by atoms with Gasteiger partial charge in [-0.15, -0.1) is 0 Å². The molecule has 0 bridgehead atoms. The molecule has 3 rings (SSSR count). The van der Waals surface area contributed by atoms with Crippen LogP contribution < -0.4 is 5.32 Å². The van der Waals surface area contributed by atoms with Crippen molar-refractivity contribution in [3.05, 3.63) is 34.1 Å². The smallest absolute Gasteiger partial charge is 0.306 e. The van der Waals surface area contributed by atoms with Gasteiger partial charge in [0, 0.05) is 30.8 Å². The maximum absolute atomic E-state index is 13.4. The maximum Gasteiger partial charge on any atom is 0.306 e. The molecule has 2 aliphatic rings. The summed E-state index contributed by atoms with van der Waals surface area (Å²) in [6.07, 6.45) is 5.49. The van der Waals surface area contributed by atoms with Crippen molar-refractivity contribution in [1.29, 1.82) is 0 Å². The van der Waals surface area contributed by atoms with Gasteiger partial charge in [-0.3, -0.25) is 19.7 Å². The summed E-state index contributed by atoms with van der Waals surface area (Å²) in [4.78, 5) is 36.4. The molecule has 1 aromatic rings. The predicted molar refractivity (Wildman–Crippen MR) is 88.4 cm³/mol. The predicted octanol–water partition coefficient (Wildman–Crippen LogP) is 2.85. The number of hydrogen-bond acceptors (Lipinski definition) is 4. The molecule has 1 heterocycles. The van der Waals surface area contributed by atoms with Crippen molar-refractivity contribution in [2.75, 3.05) is 11.9 Å². The molecule has 1 aliphatic carbocycles. The number of nitrogens with zero attached hydrogens (tertiary/aromatic N) is 2. The van der Waals surface area contributed by atoms with Crippen LogP contribution in [0.2, 0.25) is 0 Å². The summed E-state index contributed by atoms with van der Waals surface area (Å²) in [5, 5.41) is 13.3. The summed E-state index contributed by atoms with van der Waals surface area (Å²) in [6.45, 7) is 0.374. The van der Waals surface area contributed by atoms with Gasteiger partial charge in [-0.2, -0.15) is 4.39 Å². The minimum atomic E-state index is -0.956. The average molecular weight is 349 g/mol. The van der Waals surface area contributed by atoms with Crippen molar-refractivity contribution < 1.29 is 18.9 Å². The number of benzene rings is 1. The summed E-state index contributed by atoms with van der Waals surface area (Å²) in [5.74, 6) is -1.83. The molecule has 2 fully saturated rings. The normalized spacial score (nSPS) is 21.4. The van der Waals surface area contributed by atoms with Gasteiger partial charge < -0.3 is 10.2 Å². The van der Waals surface area contributed by atoms with Crippen LogP contribution >= 0.6 is 0 Å². The van der Waals surface area contributed by atoms with Crippen LogP contribution in [-0.2, 0) is 9.59 Å². The number of anilines is 1. The lowest BCUT2D eigenvalue weighted by Crippen LogP contribution is -2.38. The number of rotatable bonds is 4.